The summed E-state index contributed by atoms with van der Waals surface area (Å²) < 4.78 is 17.0. The maximum Gasteiger partial charge on any atom is 0.310 e. The summed E-state index contributed by atoms with van der Waals surface area (Å²) in [6.45, 7) is 5.86. The molecule has 6 heteroatoms. The van der Waals surface area contributed by atoms with Gasteiger partial charge in [0.1, 0.15) is 6.61 Å². The Bertz CT molecular complexity index is 960. The van der Waals surface area contributed by atoms with E-state index in [4.69, 9.17) is 13.9 Å². The number of aryl methyl sites for hydroxylation is 2. The molecule has 0 aliphatic carbocycles. The molecule has 136 valence electrons. The summed E-state index contributed by atoms with van der Waals surface area (Å²) in [5.41, 5.74) is 3.95. The molecule has 0 saturated carbocycles. The highest BCUT2D eigenvalue weighted by atomic mass is 16.5. The second-order valence-corrected chi connectivity index (χ2v) is 6.21. The molecular formula is C20H21NO5. The molecule has 1 atom stereocenters. The number of fused-ring (bicyclic) bond motifs is 1. The standard InChI is InChI=1S/C20H21NO5/c1-11-5-6-14(13(3)21-11)9-25-17-8-7-15-16(12(2)20(22)23)10-26-18(15)19(17)24-4/h5-8,10,12H,9H2,1-4H3,(H,22,23). The Morgan fingerprint density at radius 3 is 2.69 bits per heavy atom. The van der Waals surface area contributed by atoms with Crippen LogP contribution >= 0.6 is 0 Å². The predicted octanol–water partition coefficient (Wildman–Crippen LogP) is 4.22. The number of ether oxygens (including phenoxy) is 2. The Hall–Kier alpha value is -3.02. The molecule has 2 heterocycles. The molecule has 26 heavy (non-hydrogen) atoms. The molecule has 0 aliphatic rings. The lowest BCUT2D eigenvalue weighted by molar-refractivity contribution is -0.138. The molecule has 0 aliphatic heterocycles. The van der Waals surface area contributed by atoms with Crippen molar-refractivity contribution in [1.82, 2.24) is 4.98 Å². The first-order valence-electron chi connectivity index (χ1n) is 8.29. The molecule has 1 N–H and O–H groups in total. The van der Waals surface area contributed by atoms with Gasteiger partial charge in [-0.1, -0.05) is 6.07 Å². The summed E-state index contributed by atoms with van der Waals surface area (Å²) in [7, 11) is 1.53. The minimum Gasteiger partial charge on any atom is -0.490 e. The van der Waals surface area contributed by atoms with Crippen LogP contribution < -0.4 is 9.47 Å². The van der Waals surface area contributed by atoms with Crippen molar-refractivity contribution in [1.29, 1.82) is 0 Å². The van der Waals surface area contributed by atoms with E-state index in [1.807, 2.05) is 26.0 Å². The fourth-order valence-electron chi connectivity index (χ4n) is 2.87. The van der Waals surface area contributed by atoms with Gasteiger partial charge in [0.15, 0.2) is 11.3 Å². The zero-order valence-electron chi connectivity index (χ0n) is 15.2. The molecule has 0 saturated heterocycles. The van der Waals surface area contributed by atoms with E-state index in [0.717, 1.165) is 17.0 Å². The monoisotopic (exact) mass is 355 g/mol. The zero-order valence-corrected chi connectivity index (χ0v) is 15.2. The quantitative estimate of drug-likeness (QED) is 0.713. The molecule has 0 radical (unpaired) electrons. The van der Waals surface area contributed by atoms with Gasteiger partial charge in [0.25, 0.3) is 0 Å². The lowest BCUT2D eigenvalue weighted by Crippen LogP contribution is -2.06. The molecule has 3 rings (SSSR count). The van der Waals surface area contributed by atoms with Crippen molar-refractivity contribution < 1.29 is 23.8 Å². The number of furan rings is 1. The predicted molar refractivity (Wildman–Crippen MR) is 96.9 cm³/mol. The van der Waals surface area contributed by atoms with E-state index in [-0.39, 0.29) is 0 Å². The molecule has 3 aromatic rings. The van der Waals surface area contributed by atoms with Gasteiger partial charge in [0, 0.05) is 27.9 Å². The first-order chi connectivity index (χ1) is 12.4. The van der Waals surface area contributed by atoms with E-state index >= 15 is 0 Å². The number of carboxylic acids is 1. The van der Waals surface area contributed by atoms with Crippen LogP contribution in [0.1, 0.15) is 35.4 Å². The summed E-state index contributed by atoms with van der Waals surface area (Å²) in [6.07, 6.45) is 1.46. The van der Waals surface area contributed by atoms with Crippen molar-refractivity contribution in [3.8, 4) is 11.5 Å². The smallest absolute Gasteiger partial charge is 0.310 e. The third kappa shape index (κ3) is 3.22. The van der Waals surface area contributed by atoms with Crippen LogP contribution in [-0.4, -0.2) is 23.2 Å². The SMILES string of the molecule is COc1c(OCc2ccc(C)nc2C)ccc2c(C(C)C(=O)O)coc12. The second kappa shape index (κ2) is 7.07. The van der Waals surface area contributed by atoms with Gasteiger partial charge in [0.05, 0.1) is 19.3 Å². The van der Waals surface area contributed by atoms with Crippen molar-refractivity contribution in [2.24, 2.45) is 0 Å². The van der Waals surface area contributed by atoms with Crippen LogP contribution in [0.5, 0.6) is 11.5 Å². The van der Waals surface area contributed by atoms with Crippen molar-refractivity contribution >= 4 is 16.9 Å². The van der Waals surface area contributed by atoms with Gasteiger partial charge in [-0.2, -0.15) is 0 Å². The topological polar surface area (TPSA) is 81.8 Å². The van der Waals surface area contributed by atoms with Gasteiger partial charge in [-0.15, -0.1) is 0 Å². The van der Waals surface area contributed by atoms with E-state index in [9.17, 15) is 9.90 Å². The molecule has 6 nitrogen and oxygen atoms in total. The molecule has 0 fully saturated rings. The number of benzene rings is 1. The normalized spacial score (nSPS) is 12.2. The summed E-state index contributed by atoms with van der Waals surface area (Å²) in [4.78, 5) is 15.7. The average molecular weight is 355 g/mol. The number of aliphatic carboxylic acids is 1. The first kappa shape index (κ1) is 17.8. The number of rotatable bonds is 6. The number of hydrogen-bond acceptors (Lipinski definition) is 5. The van der Waals surface area contributed by atoms with Crippen LogP contribution in [0.2, 0.25) is 0 Å². The third-order valence-corrected chi connectivity index (χ3v) is 4.45. The van der Waals surface area contributed by atoms with Crippen LogP contribution in [0.3, 0.4) is 0 Å². The zero-order chi connectivity index (χ0) is 18.8. The second-order valence-electron chi connectivity index (χ2n) is 6.21. The summed E-state index contributed by atoms with van der Waals surface area (Å²) in [5.74, 6) is -0.601. The number of carbonyl (C=O) groups is 1. The molecule has 0 spiro atoms. The van der Waals surface area contributed by atoms with E-state index in [0.29, 0.717) is 34.6 Å². The summed E-state index contributed by atoms with van der Waals surface area (Å²) in [5, 5.41) is 9.95. The highest BCUT2D eigenvalue weighted by molar-refractivity contribution is 5.92. The van der Waals surface area contributed by atoms with E-state index < -0.39 is 11.9 Å². The van der Waals surface area contributed by atoms with Crippen molar-refractivity contribution in [2.75, 3.05) is 7.11 Å². The molecule has 2 aromatic heterocycles. The van der Waals surface area contributed by atoms with Crippen LogP contribution in [0.25, 0.3) is 11.0 Å². The van der Waals surface area contributed by atoms with Crippen LogP contribution in [0, 0.1) is 13.8 Å². The van der Waals surface area contributed by atoms with Gasteiger partial charge in [-0.25, -0.2) is 0 Å². The molecule has 0 bridgehead atoms. The van der Waals surface area contributed by atoms with Crippen LogP contribution in [0.4, 0.5) is 0 Å². The van der Waals surface area contributed by atoms with Crippen molar-refractivity contribution in [3.63, 3.8) is 0 Å². The summed E-state index contributed by atoms with van der Waals surface area (Å²) >= 11 is 0. The van der Waals surface area contributed by atoms with Crippen LogP contribution in [0.15, 0.2) is 34.9 Å². The lowest BCUT2D eigenvalue weighted by Gasteiger charge is -2.12. The third-order valence-electron chi connectivity index (χ3n) is 4.45. The van der Waals surface area contributed by atoms with Crippen LogP contribution in [-0.2, 0) is 11.4 Å². The fraction of sp³-hybridized carbons (Fsp3) is 0.300. The van der Waals surface area contributed by atoms with Crippen molar-refractivity contribution in [2.45, 2.75) is 33.3 Å². The number of carboxylic acid groups (broad SMARTS) is 1. The van der Waals surface area contributed by atoms with Gasteiger partial charge in [-0.3, -0.25) is 9.78 Å². The highest BCUT2D eigenvalue weighted by Gasteiger charge is 2.22. The maximum absolute atomic E-state index is 11.3. The minimum atomic E-state index is -0.908. The maximum atomic E-state index is 11.3. The fourth-order valence-corrected chi connectivity index (χ4v) is 2.87. The van der Waals surface area contributed by atoms with Gasteiger partial charge < -0.3 is 19.0 Å². The van der Waals surface area contributed by atoms with E-state index in [2.05, 4.69) is 4.98 Å². The molecule has 0 amide bonds. The number of pyridine rings is 1. The lowest BCUT2D eigenvalue weighted by atomic mass is 10.0. The average Bonchev–Trinajstić information content (AvgIpc) is 3.03. The largest absolute Gasteiger partial charge is 0.490 e. The Balaban J connectivity index is 1.93. The Morgan fingerprint density at radius 2 is 2.04 bits per heavy atom. The van der Waals surface area contributed by atoms with Gasteiger partial charge in [-0.05, 0) is 39.0 Å². The van der Waals surface area contributed by atoms with Crippen molar-refractivity contribution in [3.05, 3.63) is 53.0 Å². The Kier molecular flexibility index (Phi) is 4.84. The highest BCUT2D eigenvalue weighted by Crippen LogP contribution is 2.40. The first-order valence-corrected chi connectivity index (χ1v) is 8.29. The molecule has 1 unspecified atom stereocenters. The number of methoxy groups -OCH3 is 1. The van der Waals surface area contributed by atoms with Gasteiger partial charge >= 0.3 is 5.97 Å². The molecular weight excluding hydrogens is 334 g/mol. The Labute approximate surface area is 151 Å². The van der Waals surface area contributed by atoms with Gasteiger partial charge in [0.2, 0.25) is 5.75 Å². The minimum absolute atomic E-state index is 0.347. The summed E-state index contributed by atoms with van der Waals surface area (Å²) in [6, 6.07) is 7.50. The Morgan fingerprint density at radius 1 is 1.27 bits per heavy atom. The molecule has 1 aromatic carbocycles. The number of nitrogens with zero attached hydrogens (tertiary/aromatic N) is 1. The van der Waals surface area contributed by atoms with E-state index in [1.54, 1.807) is 19.1 Å². The number of hydrogen-bond donors (Lipinski definition) is 1. The number of aromatic nitrogens is 1. The van der Waals surface area contributed by atoms with E-state index in [1.165, 1.54) is 13.4 Å².